The number of fused-ring (bicyclic) bond motifs is 1. The highest BCUT2D eigenvalue weighted by Crippen LogP contribution is 2.34. The number of hydrogen-bond donors (Lipinski definition) is 2. The Morgan fingerprint density at radius 2 is 1.71 bits per heavy atom. The summed E-state index contributed by atoms with van der Waals surface area (Å²) in [6.45, 7) is 0.129. The molecule has 0 saturated carbocycles. The van der Waals surface area contributed by atoms with Crippen LogP contribution in [0, 0.1) is 0 Å². The van der Waals surface area contributed by atoms with Gasteiger partial charge in [-0.25, -0.2) is 0 Å². The van der Waals surface area contributed by atoms with Crippen LogP contribution in [0.5, 0.6) is 0 Å². The van der Waals surface area contributed by atoms with E-state index in [0.29, 0.717) is 16.7 Å². The molecular weight excluding hydrogens is 476 g/mol. The molecule has 178 valence electrons. The van der Waals surface area contributed by atoms with Crippen LogP contribution in [0.4, 0.5) is 8.78 Å². The molecule has 2 unspecified atom stereocenters. The number of benzene rings is 2. The average Bonchev–Trinajstić information content (AvgIpc) is 3.08. The van der Waals surface area contributed by atoms with Crippen LogP contribution >= 0.6 is 11.6 Å². The lowest BCUT2D eigenvalue weighted by atomic mass is 9.57. The number of halogens is 3. The van der Waals surface area contributed by atoms with E-state index >= 15 is 0 Å². The number of nitrogens with zero attached hydrogens (tertiary/aromatic N) is 1. The molecule has 0 aromatic heterocycles. The first-order valence-electron chi connectivity index (χ1n) is 11.1. The van der Waals surface area contributed by atoms with Crippen molar-refractivity contribution in [1.29, 1.82) is 0 Å². The van der Waals surface area contributed by atoms with E-state index in [0.717, 1.165) is 12.1 Å². The normalized spacial score (nSPS) is 20.4. The maximum Gasteiger partial charge on any atom is 0.349 e. The van der Waals surface area contributed by atoms with Crippen LogP contribution < -0.4 is 10.6 Å². The van der Waals surface area contributed by atoms with Crippen molar-refractivity contribution in [3.8, 4) is 0 Å². The number of nitrogens with one attached hydrogen (secondary N) is 2. The number of piperidine rings is 1. The van der Waals surface area contributed by atoms with Gasteiger partial charge in [0.2, 0.25) is 11.8 Å². The Labute approximate surface area is 208 Å². The van der Waals surface area contributed by atoms with Crippen LogP contribution in [0.15, 0.2) is 42.5 Å². The van der Waals surface area contributed by atoms with Gasteiger partial charge in [0.25, 0.3) is 11.8 Å². The van der Waals surface area contributed by atoms with Gasteiger partial charge in [-0.2, -0.15) is 8.78 Å². The van der Waals surface area contributed by atoms with E-state index in [1.807, 2.05) is 0 Å². The molecule has 0 spiro atoms. The summed E-state index contributed by atoms with van der Waals surface area (Å²) in [5.41, 5.74) is 1.03. The maximum absolute atomic E-state index is 14.8. The Morgan fingerprint density at radius 1 is 1.09 bits per heavy atom. The van der Waals surface area contributed by atoms with Crippen molar-refractivity contribution >= 4 is 58.8 Å². The second-order valence-electron chi connectivity index (χ2n) is 9.50. The van der Waals surface area contributed by atoms with Gasteiger partial charge in [-0.05, 0) is 35.1 Å². The molecule has 2 aromatic rings. The van der Waals surface area contributed by atoms with E-state index in [-0.39, 0.29) is 35.6 Å². The molecule has 2 aliphatic heterocycles. The average molecular weight is 497 g/mol. The third-order valence-electron chi connectivity index (χ3n) is 6.49. The van der Waals surface area contributed by atoms with Gasteiger partial charge in [0.05, 0.1) is 0 Å². The van der Waals surface area contributed by atoms with Crippen LogP contribution in [0.3, 0.4) is 0 Å². The molecule has 13 heteroatoms. The monoisotopic (exact) mass is 497 g/mol. The van der Waals surface area contributed by atoms with Gasteiger partial charge in [0.1, 0.15) is 29.6 Å². The number of alkyl halides is 2. The minimum absolute atomic E-state index is 0.128. The number of imide groups is 1. The largest absolute Gasteiger partial charge is 0.357 e. The number of carbonyl (C=O) groups excluding carboxylic acids is 4. The number of hydrogen-bond acceptors (Lipinski definition) is 4. The molecule has 0 bridgehead atoms. The van der Waals surface area contributed by atoms with Crippen LogP contribution in [0.2, 0.25) is 10.8 Å². The zero-order chi connectivity index (χ0) is 25.7. The predicted molar refractivity (Wildman–Crippen MR) is 132 cm³/mol. The Kier molecular flexibility index (Phi) is 6.29. The minimum atomic E-state index is -3.78. The smallest absolute Gasteiger partial charge is 0.349 e. The molecule has 2 N–H and O–H groups in total. The van der Waals surface area contributed by atoms with Gasteiger partial charge in [0, 0.05) is 34.5 Å². The van der Waals surface area contributed by atoms with Gasteiger partial charge in [-0.3, -0.25) is 24.5 Å². The lowest BCUT2D eigenvalue weighted by Gasteiger charge is -2.34. The fourth-order valence-electron chi connectivity index (χ4n) is 4.56. The van der Waals surface area contributed by atoms with Crippen molar-refractivity contribution in [1.82, 2.24) is 15.5 Å². The lowest BCUT2D eigenvalue weighted by Crippen LogP contribution is -2.55. The van der Waals surface area contributed by atoms with Crippen molar-refractivity contribution in [2.45, 2.75) is 36.1 Å². The van der Waals surface area contributed by atoms with Crippen molar-refractivity contribution in [2.75, 3.05) is 0 Å². The number of carbonyl (C=O) groups is 4. The Bertz CT molecular complexity index is 1240. The van der Waals surface area contributed by atoms with E-state index in [4.69, 9.17) is 11.6 Å². The highest BCUT2D eigenvalue weighted by Gasteiger charge is 2.45. The van der Waals surface area contributed by atoms with Crippen molar-refractivity contribution in [3.63, 3.8) is 0 Å². The molecule has 4 amide bonds. The summed E-state index contributed by atoms with van der Waals surface area (Å²) >= 11 is 5.76. The number of amides is 4. The number of rotatable bonds is 5. The lowest BCUT2D eigenvalue weighted by molar-refractivity contribution is -0.147. The first kappa shape index (κ1) is 25.0. The molecular formula is C22H21B3ClF2N3O4. The van der Waals surface area contributed by atoms with E-state index in [2.05, 4.69) is 10.6 Å². The third kappa shape index (κ3) is 4.59. The van der Waals surface area contributed by atoms with Crippen LogP contribution in [0.25, 0.3) is 0 Å². The fourth-order valence-corrected chi connectivity index (χ4v) is 4.68. The summed E-state index contributed by atoms with van der Waals surface area (Å²) in [6.07, 6.45) is 0.128. The summed E-state index contributed by atoms with van der Waals surface area (Å²) in [7, 11) is 4.91. The molecule has 2 heterocycles. The zero-order valence-electron chi connectivity index (χ0n) is 19.3. The molecule has 0 radical (unpaired) electrons. The topological polar surface area (TPSA) is 95.6 Å². The Balaban J connectivity index is 1.55. The summed E-state index contributed by atoms with van der Waals surface area (Å²) in [5.74, 6) is -6.85. The van der Waals surface area contributed by atoms with Crippen LogP contribution in [0.1, 0.15) is 33.5 Å². The van der Waals surface area contributed by atoms with E-state index in [9.17, 15) is 28.0 Å². The standard InChI is InChI=1S/C22H21B3ClF2N3O4/c23-15-8-16(32)29-18(33)17(15)31-9-10-7-12(3-6-14(10)19(31)34)22(24,25)30-20(35)21(27,28)11-1-4-13(26)5-2-11/h1-7,15,17H,8-9,23-25H2,(H,30,35)(H,29,32,33). The summed E-state index contributed by atoms with van der Waals surface area (Å²) in [6, 6.07) is 8.81. The molecule has 2 atom stereocenters. The SMILES string of the molecule is BC1CC(=O)NC(=O)C1N1Cc2cc(C(B)(B)NC(=O)C(F)(F)c3ccc(Cl)cc3)ccc2C1=O. The van der Waals surface area contributed by atoms with Crippen molar-refractivity contribution in [2.24, 2.45) is 0 Å². The Hall–Kier alpha value is -3.14. The minimum Gasteiger partial charge on any atom is -0.357 e. The molecule has 2 aliphatic rings. The van der Waals surface area contributed by atoms with Crippen LogP contribution in [-0.4, -0.2) is 58.1 Å². The molecule has 2 aromatic carbocycles. The molecule has 0 aliphatic carbocycles. The summed E-state index contributed by atoms with van der Waals surface area (Å²) in [5, 5.41) is 3.76. The molecule has 35 heavy (non-hydrogen) atoms. The molecule has 4 rings (SSSR count). The zero-order valence-corrected chi connectivity index (χ0v) is 20.1. The highest BCUT2D eigenvalue weighted by molar-refractivity contribution is 6.40. The van der Waals surface area contributed by atoms with Crippen molar-refractivity contribution < 1.29 is 28.0 Å². The molecule has 1 saturated heterocycles. The van der Waals surface area contributed by atoms with E-state index in [1.54, 1.807) is 41.7 Å². The van der Waals surface area contributed by atoms with E-state index in [1.165, 1.54) is 17.0 Å². The second-order valence-corrected chi connectivity index (χ2v) is 9.94. The van der Waals surface area contributed by atoms with Gasteiger partial charge in [0.15, 0.2) is 0 Å². The quantitative estimate of drug-likeness (QED) is 0.427. The summed E-state index contributed by atoms with van der Waals surface area (Å²) in [4.78, 5) is 51.0. The first-order chi connectivity index (χ1) is 16.3. The third-order valence-corrected chi connectivity index (χ3v) is 6.74. The fraction of sp³-hybridized carbons (Fsp3) is 0.273. The molecule has 7 nitrogen and oxygen atoms in total. The van der Waals surface area contributed by atoms with Crippen LogP contribution in [-0.2, 0) is 32.2 Å². The summed E-state index contributed by atoms with van der Waals surface area (Å²) < 4.78 is 29.6. The first-order valence-corrected chi connectivity index (χ1v) is 11.4. The van der Waals surface area contributed by atoms with Gasteiger partial charge in [-0.1, -0.05) is 35.9 Å². The predicted octanol–water partition coefficient (Wildman–Crippen LogP) is -0.583. The van der Waals surface area contributed by atoms with Gasteiger partial charge in [-0.15, -0.1) is 0 Å². The van der Waals surface area contributed by atoms with E-state index < -0.39 is 34.7 Å². The maximum atomic E-state index is 14.8. The Morgan fingerprint density at radius 3 is 2.34 bits per heavy atom. The second kappa shape index (κ2) is 8.82. The van der Waals surface area contributed by atoms with Gasteiger partial charge >= 0.3 is 5.92 Å². The molecule has 1 fully saturated rings. The van der Waals surface area contributed by atoms with Crippen molar-refractivity contribution in [3.05, 3.63) is 69.7 Å². The van der Waals surface area contributed by atoms with Gasteiger partial charge < -0.3 is 10.2 Å². The highest BCUT2D eigenvalue weighted by atomic mass is 35.5.